The highest BCUT2D eigenvalue weighted by Gasteiger charge is 2.27. The van der Waals surface area contributed by atoms with Crippen molar-refractivity contribution in [2.75, 3.05) is 43.2 Å². The monoisotopic (exact) mass is 421 g/mol. The van der Waals surface area contributed by atoms with Crippen LogP contribution in [0.4, 0.5) is 11.9 Å². The van der Waals surface area contributed by atoms with Gasteiger partial charge in [0.15, 0.2) is 0 Å². The zero-order valence-electron chi connectivity index (χ0n) is 17.4. The second kappa shape index (κ2) is 11.0. The molecule has 2 fully saturated rings. The molecule has 1 aliphatic carbocycles. The highest BCUT2D eigenvalue weighted by molar-refractivity contribution is 5.80. The molecule has 0 spiro atoms. The summed E-state index contributed by atoms with van der Waals surface area (Å²) in [7, 11) is 0. The van der Waals surface area contributed by atoms with Crippen molar-refractivity contribution in [1.82, 2.24) is 25.4 Å². The van der Waals surface area contributed by atoms with Crippen LogP contribution in [0.15, 0.2) is 0 Å². The smallest absolute Gasteiger partial charge is 0.246 e. The van der Waals surface area contributed by atoms with Crippen LogP contribution in [0, 0.1) is 11.8 Å². The summed E-state index contributed by atoms with van der Waals surface area (Å²) in [6.07, 6.45) is 6.02. The van der Waals surface area contributed by atoms with Crippen LogP contribution < -0.4 is 15.8 Å². The lowest BCUT2D eigenvalue weighted by atomic mass is 9.92. The summed E-state index contributed by atoms with van der Waals surface area (Å²) >= 11 is 0. The van der Waals surface area contributed by atoms with Crippen molar-refractivity contribution < 1.29 is 19.5 Å². The first-order valence-corrected chi connectivity index (χ1v) is 10.6. The number of aryl methyl sites for hydroxylation is 1. The van der Waals surface area contributed by atoms with Gasteiger partial charge in [0, 0.05) is 19.5 Å². The summed E-state index contributed by atoms with van der Waals surface area (Å²) in [6.45, 7) is 4.52. The topological polar surface area (TPSA) is 133 Å². The standard InChI is InChI=1S/C19H31N7O4/c1-2-16-20-18(22-19(21-16)25-7-9-30-10-8-25)24-23-17(28)15(12-26(29)13-27)11-14-5-3-4-6-14/h13-15,29H,2-12H2,1H3,(H,23,28)(H,20,21,22,24)/t15-/m0/s1. The van der Waals surface area contributed by atoms with Gasteiger partial charge >= 0.3 is 0 Å². The van der Waals surface area contributed by atoms with Crippen LogP contribution in [-0.4, -0.2) is 70.4 Å². The first-order valence-electron chi connectivity index (χ1n) is 10.6. The second-order valence-corrected chi connectivity index (χ2v) is 7.75. The number of hydroxylamine groups is 2. The number of nitrogens with zero attached hydrogens (tertiary/aromatic N) is 5. The molecule has 3 rings (SSSR count). The van der Waals surface area contributed by atoms with Gasteiger partial charge in [0.1, 0.15) is 5.82 Å². The minimum Gasteiger partial charge on any atom is -0.378 e. The van der Waals surface area contributed by atoms with Gasteiger partial charge in [-0.25, -0.2) is 5.06 Å². The van der Waals surface area contributed by atoms with Crippen molar-refractivity contribution in [3.63, 3.8) is 0 Å². The molecule has 0 aromatic carbocycles. The normalized spacial score (nSPS) is 18.1. The average molecular weight is 422 g/mol. The van der Waals surface area contributed by atoms with Crippen molar-refractivity contribution in [1.29, 1.82) is 0 Å². The minimum absolute atomic E-state index is 0.0516. The summed E-state index contributed by atoms with van der Waals surface area (Å²) in [5, 5.41) is 10.1. The Morgan fingerprint density at radius 2 is 2.03 bits per heavy atom. The van der Waals surface area contributed by atoms with Crippen molar-refractivity contribution in [2.45, 2.75) is 45.4 Å². The molecule has 30 heavy (non-hydrogen) atoms. The fraction of sp³-hybridized carbons (Fsp3) is 0.737. The van der Waals surface area contributed by atoms with Crippen LogP contribution in [0.1, 0.15) is 44.9 Å². The molecule has 166 valence electrons. The Bertz CT molecular complexity index is 708. The number of anilines is 2. The summed E-state index contributed by atoms with van der Waals surface area (Å²) in [6, 6.07) is 0. The van der Waals surface area contributed by atoms with Gasteiger partial charge in [0.05, 0.1) is 25.7 Å². The number of carbonyl (C=O) groups is 2. The number of morpholine rings is 1. The van der Waals surface area contributed by atoms with Crippen molar-refractivity contribution in [3.05, 3.63) is 5.82 Å². The number of amides is 2. The number of carbonyl (C=O) groups excluding carboxylic acids is 2. The van der Waals surface area contributed by atoms with E-state index in [0.717, 1.165) is 25.7 Å². The zero-order chi connectivity index (χ0) is 21.3. The SMILES string of the molecule is CCc1nc(NNC(=O)[C@@H](CC2CCCC2)CN(O)C=O)nc(N2CCOCC2)n1. The van der Waals surface area contributed by atoms with Gasteiger partial charge in [-0.1, -0.05) is 32.6 Å². The quantitative estimate of drug-likeness (QED) is 0.284. The molecular formula is C19H31N7O4. The molecular weight excluding hydrogens is 390 g/mol. The number of hydrogen-bond acceptors (Lipinski definition) is 9. The summed E-state index contributed by atoms with van der Waals surface area (Å²) < 4.78 is 5.37. The number of rotatable bonds is 10. The second-order valence-electron chi connectivity index (χ2n) is 7.75. The molecule has 2 amide bonds. The van der Waals surface area contributed by atoms with E-state index in [2.05, 4.69) is 25.8 Å². The van der Waals surface area contributed by atoms with E-state index in [-0.39, 0.29) is 18.4 Å². The Hall–Kier alpha value is -2.53. The molecule has 11 heteroatoms. The highest BCUT2D eigenvalue weighted by Crippen LogP contribution is 2.30. The summed E-state index contributed by atoms with van der Waals surface area (Å²) in [5.41, 5.74) is 5.43. The molecule has 0 unspecified atom stereocenters. The zero-order valence-corrected chi connectivity index (χ0v) is 17.4. The van der Waals surface area contributed by atoms with E-state index in [4.69, 9.17) is 4.74 Å². The molecule has 3 N–H and O–H groups in total. The van der Waals surface area contributed by atoms with Crippen LogP contribution in [0.3, 0.4) is 0 Å². The minimum atomic E-state index is -0.526. The average Bonchev–Trinajstić information content (AvgIpc) is 3.30. The van der Waals surface area contributed by atoms with E-state index in [9.17, 15) is 14.8 Å². The maximum atomic E-state index is 12.8. The Morgan fingerprint density at radius 3 is 2.70 bits per heavy atom. The number of ether oxygens (including phenoxy) is 1. The van der Waals surface area contributed by atoms with Crippen molar-refractivity contribution >= 4 is 24.2 Å². The number of hydrogen-bond donors (Lipinski definition) is 3. The van der Waals surface area contributed by atoms with Gasteiger partial charge in [0.25, 0.3) is 0 Å². The molecule has 0 bridgehead atoms. The lowest BCUT2D eigenvalue weighted by Gasteiger charge is -2.27. The molecule has 0 radical (unpaired) electrons. The van der Waals surface area contributed by atoms with Crippen LogP contribution in [-0.2, 0) is 20.7 Å². The molecule has 1 aliphatic heterocycles. The van der Waals surface area contributed by atoms with E-state index < -0.39 is 5.92 Å². The van der Waals surface area contributed by atoms with Crippen LogP contribution >= 0.6 is 0 Å². The van der Waals surface area contributed by atoms with Crippen molar-refractivity contribution in [3.8, 4) is 0 Å². The lowest BCUT2D eigenvalue weighted by Crippen LogP contribution is -2.41. The third-order valence-corrected chi connectivity index (χ3v) is 5.57. The predicted octanol–water partition coefficient (Wildman–Crippen LogP) is 0.758. The molecule has 1 atom stereocenters. The van der Waals surface area contributed by atoms with Crippen LogP contribution in [0.2, 0.25) is 0 Å². The first kappa shape index (κ1) is 22.2. The Kier molecular flexibility index (Phi) is 8.14. The number of nitrogens with one attached hydrogen (secondary N) is 2. The third kappa shape index (κ3) is 6.23. The molecule has 1 aromatic rings. The van der Waals surface area contributed by atoms with E-state index in [1.165, 1.54) is 0 Å². The molecule has 2 heterocycles. The highest BCUT2D eigenvalue weighted by atomic mass is 16.5. The van der Waals surface area contributed by atoms with Crippen molar-refractivity contribution in [2.24, 2.45) is 11.8 Å². The van der Waals surface area contributed by atoms with E-state index in [0.29, 0.717) is 68.3 Å². The first-order chi connectivity index (χ1) is 14.6. The largest absolute Gasteiger partial charge is 0.378 e. The van der Waals surface area contributed by atoms with Gasteiger partial charge < -0.3 is 9.64 Å². The predicted molar refractivity (Wildman–Crippen MR) is 109 cm³/mol. The number of aromatic nitrogens is 3. The summed E-state index contributed by atoms with van der Waals surface area (Å²) in [4.78, 5) is 38.9. The number of hydrazine groups is 1. The van der Waals surface area contributed by atoms with Gasteiger partial charge in [-0.15, -0.1) is 0 Å². The molecule has 11 nitrogen and oxygen atoms in total. The van der Waals surface area contributed by atoms with E-state index in [1.54, 1.807) is 0 Å². The van der Waals surface area contributed by atoms with Crippen LogP contribution in [0.5, 0.6) is 0 Å². The Morgan fingerprint density at radius 1 is 1.30 bits per heavy atom. The van der Waals surface area contributed by atoms with E-state index in [1.807, 2.05) is 11.8 Å². The van der Waals surface area contributed by atoms with Gasteiger partial charge in [-0.05, 0) is 12.3 Å². The van der Waals surface area contributed by atoms with Gasteiger partial charge in [0.2, 0.25) is 24.2 Å². The summed E-state index contributed by atoms with van der Waals surface area (Å²) in [5.74, 6) is 1.02. The lowest BCUT2D eigenvalue weighted by molar-refractivity contribution is -0.154. The Balaban J connectivity index is 1.64. The fourth-order valence-electron chi connectivity index (χ4n) is 3.93. The van der Waals surface area contributed by atoms with Gasteiger partial charge in [-0.2, -0.15) is 15.0 Å². The van der Waals surface area contributed by atoms with E-state index >= 15 is 0 Å². The fourth-order valence-corrected chi connectivity index (χ4v) is 3.93. The molecule has 1 saturated heterocycles. The maximum absolute atomic E-state index is 12.8. The van der Waals surface area contributed by atoms with Gasteiger partial charge in [-0.3, -0.25) is 25.6 Å². The third-order valence-electron chi connectivity index (χ3n) is 5.57. The molecule has 1 aromatic heterocycles. The molecule has 1 saturated carbocycles. The Labute approximate surface area is 176 Å². The maximum Gasteiger partial charge on any atom is 0.246 e. The van der Waals surface area contributed by atoms with Crippen LogP contribution in [0.25, 0.3) is 0 Å². The molecule has 2 aliphatic rings.